The summed E-state index contributed by atoms with van der Waals surface area (Å²) in [4.78, 5) is 17.1. The van der Waals surface area contributed by atoms with Crippen LogP contribution in [0.5, 0.6) is 5.75 Å². The average molecular weight is 656 g/mol. The van der Waals surface area contributed by atoms with Crippen molar-refractivity contribution in [3.05, 3.63) is 60.6 Å². The average Bonchev–Trinajstić information content (AvgIpc) is 3.61. The fraction of sp³-hybridized carbons (Fsp3) is 0.441. The molecule has 0 amide bonds. The predicted octanol–water partition coefficient (Wildman–Crippen LogP) is 3.44. The smallest absolute Gasteiger partial charge is 0.229 e. The van der Waals surface area contributed by atoms with Crippen molar-refractivity contribution in [3.63, 3.8) is 0 Å². The molecule has 2 aliphatic heterocycles. The number of likely N-dealkylation sites (N-methyl/N-ethyl adjacent to an activating group) is 1. The van der Waals surface area contributed by atoms with Crippen LogP contribution >= 0.6 is 7.14 Å². The highest BCUT2D eigenvalue weighted by Crippen LogP contribution is 2.40. The Hall–Kier alpha value is -3.86. The summed E-state index contributed by atoms with van der Waals surface area (Å²) in [6.07, 6.45) is 8.66. The maximum Gasteiger partial charge on any atom is 0.229 e. The van der Waals surface area contributed by atoms with Gasteiger partial charge in [0.25, 0.3) is 0 Å². The summed E-state index contributed by atoms with van der Waals surface area (Å²) in [7, 11) is 3.24. The Morgan fingerprint density at radius 3 is 2.45 bits per heavy atom. The molecule has 4 heterocycles. The highest BCUT2D eigenvalue weighted by molar-refractivity contribution is 7.70. The maximum atomic E-state index is 13.4. The molecule has 2 aliphatic rings. The van der Waals surface area contributed by atoms with E-state index < -0.39 is 7.14 Å². The second-order valence-corrected chi connectivity index (χ2v) is 16.3. The van der Waals surface area contributed by atoms with Crippen LogP contribution in [0.3, 0.4) is 0 Å². The molecule has 0 radical (unpaired) electrons. The first kappa shape index (κ1) is 33.1. The van der Waals surface area contributed by atoms with E-state index in [4.69, 9.17) is 9.72 Å². The summed E-state index contributed by atoms with van der Waals surface area (Å²) in [5, 5.41) is 11.9. The Morgan fingerprint density at radius 2 is 1.79 bits per heavy atom. The van der Waals surface area contributed by atoms with Crippen molar-refractivity contribution in [1.29, 1.82) is 0 Å². The summed E-state index contributed by atoms with van der Waals surface area (Å²) in [6.45, 7) is 12.5. The molecule has 2 aromatic carbocycles. The molecule has 11 nitrogen and oxygen atoms in total. The molecule has 2 fully saturated rings. The van der Waals surface area contributed by atoms with Gasteiger partial charge in [-0.2, -0.15) is 10.1 Å². The lowest BCUT2D eigenvalue weighted by atomic mass is 9.99. The quantitative estimate of drug-likeness (QED) is 0.195. The zero-order valence-electron chi connectivity index (χ0n) is 28.5. The maximum absolute atomic E-state index is 13.4. The third-order valence-corrected chi connectivity index (χ3v) is 11.0. The van der Waals surface area contributed by atoms with Gasteiger partial charge in [-0.15, -0.1) is 0 Å². The van der Waals surface area contributed by atoms with E-state index in [2.05, 4.69) is 61.5 Å². The van der Waals surface area contributed by atoms with Crippen LogP contribution in [0.4, 0.5) is 28.8 Å². The number of ether oxygens (including phenoxy) is 1. The number of hydrogen-bond acceptors (Lipinski definition) is 10. The second-order valence-electron chi connectivity index (χ2n) is 13.1. The van der Waals surface area contributed by atoms with Gasteiger partial charge in [-0.25, -0.2) is 9.67 Å². The lowest BCUT2D eigenvalue weighted by Gasteiger charge is -2.43. The summed E-state index contributed by atoms with van der Waals surface area (Å²) in [6, 6.07) is 12.7. The van der Waals surface area contributed by atoms with Gasteiger partial charge in [0.15, 0.2) is 0 Å². The molecular weight excluding hydrogens is 608 g/mol. The fourth-order valence-electron chi connectivity index (χ4n) is 6.63. The van der Waals surface area contributed by atoms with Crippen molar-refractivity contribution in [3.8, 4) is 11.4 Å². The van der Waals surface area contributed by atoms with Crippen molar-refractivity contribution >= 4 is 54.6 Å². The molecule has 2 saturated heterocycles. The van der Waals surface area contributed by atoms with Crippen LogP contribution in [-0.4, -0.2) is 110 Å². The number of piperazine rings is 1. The summed E-state index contributed by atoms with van der Waals surface area (Å²) in [5.41, 5.74) is 5.80. The van der Waals surface area contributed by atoms with Gasteiger partial charge in [0.05, 0.1) is 24.2 Å². The van der Waals surface area contributed by atoms with E-state index in [0.717, 1.165) is 66.2 Å². The zero-order valence-corrected chi connectivity index (χ0v) is 29.4. The minimum Gasteiger partial charge on any atom is -0.494 e. The molecule has 0 spiro atoms. The Morgan fingerprint density at radius 1 is 1.02 bits per heavy atom. The number of anilines is 5. The minimum atomic E-state index is -2.64. The third kappa shape index (κ3) is 7.50. The minimum absolute atomic E-state index is 0.449. The highest BCUT2D eigenvalue weighted by Gasteiger charge is 2.28. The van der Waals surface area contributed by atoms with Gasteiger partial charge in [-0.3, -0.25) is 4.90 Å². The van der Waals surface area contributed by atoms with E-state index in [1.165, 1.54) is 37.2 Å². The molecule has 4 aromatic rings. The van der Waals surface area contributed by atoms with E-state index in [-0.39, 0.29) is 0 Å². The molecule has 0 unspecified atom stereocenters. The number of nitrogens with one attached hydrogen (secondary N) is 2. The number of hydrogen-bond donors (Lipinski definition) is 2. The van der Waals surface area contributed by atoms with E-state index in [1.807, 2.05) is 38.3 Å². The van der Waals surface area contributed by atoms with Crippen LogP contribution < -0.4 is 31.0 Å². The van der Waals surface area contributed by atoms with Crippen LogP contribution in [0, 0.1) is 0 Å². The number of aromatic nitrogens is 4. The number of nitrogens with zero attached hydrogens (tertiary/aromatic N) is 7. The van der Waals surface area contributed by atoms with Crippen LogP contribution in [0.15, 0.2) is 55.0 Å². The van der Waals surface area contributed by atoms with Gasteiger partial charge < -0.3 is 29.7 Å². The highest BCUT2D eigenvalue weighted by atomic mass is 31.2. The second kappa shape index (κ2) is 14.1. The van der Waals surface area contributed by atoms with Gasteiger partial charge >= 0.3 is 0 Å². The molecule has 2 N–H and O–H groups in total. The molecule has 0 saturated carbocycles. The van der Waals surface area contributed by atoms with Gasteiger partial charge in [0.1, 0.15) is 26.6 Å². The molecule has 0 aliphatic carbocycles. The van der Waals surface area contributed by atoms with Gasteiger partial charge in [0, 0.05) is 81.0 Å². The SMILES string of the molecule is Bc1cnc(Nc2cc(CC)c(N3CCC(N4CCN(C)CC4)CC3)cc2OC)nc1Nc1ccc(-n2cccn2)cc1P(C)(C)=O. The Bertz CT molecular complexity index is 1730. The van der Waals surface area contributed by atoms with E-state index in [1.54, 1.807) is 37.5 Å². The Kier molecular flexibility index (Phi) is 9.92. The molecule has 248 valence electrons. The normalized spacial score (nSPS) is 16.7. The topological polar surface area (TPSA) is 104 Å². The molecule has 0 atom stereocenters. The standard InChI is InChI=1S/C34H47BN9O2P/c1-6-24-20-29(31(46-3)22-30(24)43-14-10-25(11-15-43)42-18-16-41(2)17-19-42)39-34-36-23-27(35)33(40-34)38-28-9-8-26(44-13-7-12-37-44)21-32(28)47(4,5)45/h7-9,12-13,20-23,25H,6,10-11,14-19,35H2,1-5H3,(H2,36,38,39,40). The van der Waals surface area contributed by atoms with Crippen LogP contribution in [-0.2, 0) is 11.0 Å². The van der Waals surface area contributed by atoms with E-state index >= 15 is 0 Å². The number of benzene rings is 2. The fourth-order valence-corrected chi connectivity index (χ4v) is 7.78. The third-order valence-electron chi connectivity index (χ3n) is 9.44. The first-order valence-electron chi connectivity index (χ1n) is 16.6. The first-order chi connectivity index (χ1) is 22.6. The molecule has 6 rings (SSSR count). The van der Waals surface area contributed by atoms with Crippen molar-refractivity contribution in [2.45, 2.75) is 32.2 Å². The van der Waals surface area contributed by atoms with Gasteiger partial charge in [-0.1, -0.05) is 6.92 Å². The molecular formula is C34H47BN9O2P. The van der Waals surface area contributed by atoms with Crippen molar-refractivity contribution in [2.75, 3.05) is 82.3 Å². The van der Waals surface area contributed by atoms with Crippen LogP contribution in [0.25, 0.3) is 5.69 Å². The molecule has 2 aromatic heterocycles. The Labute approximate surface area is 279 Å². The lowest BCUT2D eigenvalue weighted by molar-refractivity contribution is 0.0982. The molecule has 13 heteroatoms. The summed E-state index contributed by atoms with van der Waals surface area (Å²) < 4.78 is 21.1. The van der Waals surface area contributed by atoms with Crippen molar-refractivity contribution in [2.24, 2.45) is 0 Å². The first-order valence-corrected chi connectivity index (χ1v) is 19.2. The van der Waals surface area contributed by atoms with Gasteiger partial charge in [-0.05, 0) is 81.0 Å². The van der Waals surface area contributed by atoms with Crippen LogP contribution in [0.2, 0.25) is 0 Å². The van der Waals surface area contributed by atoms with Crippen molar-refractivity contribution in [1.82, 2.24) is 29.5 Å². The number of aryl methyl sites for hydroxylation is 1. The largest absolute Gasteiger partial charge is 0.494 e. The van der Waals surface area contributed by atoms with E-state index in [0.29, 0.717) is 17.8 Å². The summed E-state index contributed by atoms with van der Waals surface area (Å²) in [5.74, 6) is 1.84. The van der Waals surface area contributed by atoms with Crippen LogP contribution in [0.1, 0.15) is 25.3 Å². The number of methoxy groups -OCH3 is 1. The number of piperidine rings is 1. The van der Waals surface area contributed by atoms with E-state index in [9.17, 15) is 4.57 Å². The molecule has 47 heavy (non-hydrogen) atoms. The van der Waals surface area contributed by atoms with Crippen molar-refractivity contribution < 1.29 is 9.30 Å². The monoisotopic (exact) mass is 655 g/mol. The molecule has 0 bridgehead atoms. The Balaban J connectivity index is 1.21. The van der Waals surface area contributed by atoms with Gasteiger partial charge in [0.2, 0.25) is 5.95 Å². The predicted molar refractivity (Wildman–Crippen MR) is 196 cm³/mol. The lowest BCUT2D eigenvalue weighted by Crippen LogP contribution is -2.52. The summed E-state index contributed by atoms with van der Waals surface area (Å²) >= 11 is 0. The zero-order chi connectivity index (χ0) is 33.1. The number of rotatable bonds is 10.